The lowest BCUT2D eigenvalue weighted by Crippen LogP contribution is -1.90. The highest BCUT2D eigenvalue weighted by atomic mass is 35.5. The predicted octanol–water partition coefficient (Wildman–Crippen LogP) is 2.59. The highest BCUT2D eigenvalue weighted by Crippen LogP contribution is 2.24. The molecule has 19 heavy (non-hydrogen) atoms. The predicted molar refractivity (Wildman–Crippen MR) is 69.2 cm³/mol. The van der Waals surface area contributed by atoms with Gasteiger partial charge in [0.2, 0.25) is 0 Å². The summed E-state index contributed by atoms with van der Waals surface area (Å²) in [6.07, 6.45) is 0. The molecule has 8 heteroatoms. The van der Waals surface area contributed by atoms with Crippen LogP contribution in [0.25, 0.3) is 17.0 Å². The maximum atomic E-state index is 10.6. The number of aryl methyl sites for hydroxylation is 1. The Kier molecular flexibility index (Phi) is 2.49. The quantitative estimate of drug-likeness (QED) is 0.576. The lowest BCUT2D eigenvalue weighted by molar-refractivity contribution is -0.384. The van der Waals surface area contributed by atoms with Crippen LogP contribution < -0.4 is 0 Å². The molecule has 0 aliphatic rings. The Balaban J connectivity index is 2.06. The van der Waals surface area contributed by atoms with Crippen molar-refractivity contribution in [3.05, 3.63) is 45.1 Å². The van der Waals surface area contributed by atoms with Gasteiger partial charge in [-0.3, -0.25) is 15.2 Å². The smallest absolute Gasteiger partial charge is 0.269 e. The second kappa shape index (κ2) is 4.06. The van der Waals surface area contributed by atoms with E-state index < -0.39 is 4.92 Å². The summed E-state index contributed by atoms with van der Waals surface area (Å²) in [5.74, 6) is 0.461. The Bertz CT molecular complexity index is 774. The van der Waals surface area contributed by atoms with Crippen LogP contribution in [0.2, 0.25) is 5.02 Å². The average molecular weight is 278 g/mol. The molecule has 0 spiro atoms. The molecule has 0 saturated heterocycles. The van der Waals surface area contributed by atoms with Crippen molar-refractivity contribution in [2.45, 2.75) is 6.92 Å². The Morgan fingerprint density at radius 1 is 1.37 bits per heavy atom. The van der Waals surface area contributed by atoms with Crippen LogP contribution in [0.3, 0.4) is 0 Å². The first-order chi connectivity index (χ1) is 9.06. The maximum Gasteiger partial charge on any atom is 0.269 e. The molecular weight excluding hydrogens is 270 g/mol. The molecule has 1 aromatic carbocycles. The third kappa shape index (κ3) is 1.84. The zero-order valence-electron chi connectivity index (χ0n) is 9.79. The fraction of sp³-hybridized carbons (Fsp3) is 0.0909. The van der Waals surface area contributed by atoms with Crippen LogP contribution in [0.4, 0.5) is 5.69 Å². The molecule has 1 N–H and O–H groups in total. The SMILES string of the molecule is Cc1[nH]n2nc(-c3ccc([N+](=O)[O-])cc3)nc2c1Cl. The number of aromatic nitrogens is 4. The largest absolute Gasteiger partial charge is 0.279 e. The highest BCUT2D eigenvalue weighted by molar-refractivity contribution is 6.34. The van der Waals surface area contributed by atoms with Gasteiger partial charge in [0.25, 0.3) is 5.69 Å². The normalized spacial score (nSPS) is 11.1. The minimum Gasteiger partial charge on any atom is -0.279 e. The minimum atomic E-state index is -0.450. The molecule has 0 aliphatic heterocycles. The third-order valence-corrected chi connectivity index (χ3v) is 3.20. The van der Waals surface area contributed by atoms with E-state index in [4.69, 9.17) is 11.6 Å². The molecule has 2 heterocycles. The summed E-state index contributed by atoms with van der Waals surface area (Å²) in [5, 5.41) is 18.3. The zero-order chi connectivity index (χ0) is 13.6. The number of non-ortho nitro benzene ring substituents is 1. The fourth-order valence-electron chi connectivity index (χ4n) is 1.76. The molecule has 3 rings (SSSR count). The van der Waals surface area contributed by atoms with Crippen molar-refractivity contribution in [3.8, 4) is 11.4 Å². The summed E-state index contributed by atoms with van der Waals surface area (Å²) in [6.45, 7) is 1.82. The van der Waals surface area contributed by atoms with E-state index in [1.54, 1.807) is 12.1 Å². The number of rotatable bonds is 2. The number of nitrogens with zero attached hydrogens (tertiary/aromatic N) is 4. The number of nitro groups is 1. The Morgan fingerprint density at radius 3 is 2.63 bits per heavy atom. The highest BCUT2D eigenvalue weighted by Gasteiger charge is 2.14. The van der Waals surface area contributed by atoms with E-state index in [1.807, 2.05) is 6.92 Å². The molecule has 0 saturated carbocycles. The van der Waals surface area contributed by atoms with Gasteiger partial charge >= 0.3 is 0 Å². The van der Waals surface area contributed by atoms with E-state index in [0.717, 1.165) is 5.69 Å². The van der Waals surface area contributed by atoms with Gasteiger partial charge in [0, 0.05) is 17.7 Å². The second-order valence-corrected chi connectivity index (χ2v) is 4.40. The number of fused-ring (bicyclic) bond motifs is 1. The molecule has 0 atom stereocenters. The summed E-state index contributed by atoms with van der Waals surface area (Å²) >= 11 is 6.07. The molecule has 0 bridgehead atoms. The van der Waals surface area contributed by atoms with Crippen molar-refractivity contribution in [2.24, 2.45) is 0 Å². The zero-order valence-corrected chi connectivity index (χ0v) is 10.5. The Morgan fingerprint density at radius 2 is 2.05 bits per heavy atom. The monoisotopic (exact) mass is 277 g/mol. The van der Waals surface area contributed by atoms with Gasteiger partial charge in [-0.15, -0.1) is 5.10 Å². The van der Waals surface area contributed by atoms with Crippen molar-refractivity contribution >= 4 is 22.9 Å². The number of H-pyrrole nitrogens is 1. The van der Waals surface area contributed by atoms with Crippen LogP contribution in [0.5, 0.6) is 0 Å². The summed E-state index contributed by atoms with van der Waals surface area (Å²) in [5.41, 5.74) is 2.04. The number of halogens is 1. The first-order valence-corrected chi connectivity index (χ1v) is 5.80. The number of benzene rings is 1. The third-order valence-electron chi connectivity index (χ3n) is 2.74. The summed E-state index contributed by atoms with van der Waals surface area (Å²) < 4.78 is 1.48. The molecule has 2 aromatic heterocycles. The molecule has 7 nitrogen and oxygen atoms in total. The van der Waals surface area contributed by atoms with Crippen molar-refractivity contribution < 1.29 is 4.92 Å². The van der Waals surface area contributed by atoms with Crippen LogP contribution in [-0.4, -0.2) is 24.7 Å². The van der Waals surface area contributed by atoms with Crippen LogP contribution >= 0.6 is 11.6 Å². The van der Waals surface area contributed by atoms with Gasteiger partial charge in [-0.25, -0.2) is 4.98 Å². The molecule has 0 amide bonds. The van der Waals surface area contributed by atoms with Gasteiger partial charge in [0.15, 0.2) is 11.5 Å². The molecule has 3 aromatic rings. The van der Waals surface area contributed by atoms with Crippen molar-refractivity contribution in [2.75, 3.05) is 0 Å². The van der Waals surface area contributed by atoms with E-state index in [0.29, 0.717) is 22.1 Å². The van der Waals surface area contributed by atoms with Gasteiger partial charge in [0.1, 0.15) is 5.02 Å². The number of nitrogens with one attached hydrogen (secondary N) is 1. The van der Waals surface area contributed by atoms with Crippen molar-refractivity contribution in [1.29, 1.82) is 0 Å². The van der Waals surface area contributed by atoms with E-state index in [-0.39, 0.29) is 5.69 Å². The lowest BCUT2D eigenvalue weighted by atomic mass is 10.2. The van der Waals surface area contributed by atoms with E-state index >= 15 is 0 Å². The van der Waals surface area contributed by atoms with E-state index in [1.165, 1.54) is 16.8 Å². The van der Waals surface area contributed by atoms with Crippen molar-refractivity contribution in [3.63, 3.8) is 0 Å². The number of hydrogen-bond acceptors (Lipinski definition) is 4. The topological polar surface area (TPSA) is 89.1 Å². The summed E-state index contributed by atoms with van der Waals surface area (Å²) in [7, 11) is 0. The number of hydrogen-bond donors (Lipinski definition) is 1. The van der Waals surface area contributed by atoms with Crippen LogP contribution in [-0.2, 0) is 0 Å². The van der Waals surface area contributed by atoms with Gasteiger partial charge in [-0.1, -0.05) is 11.6 Å². The van der Waals surface area contributed by atoms with Gasteiger partial charge < -0.3 is 0 Å². The second-order valence-electron chi connectivity index (χ2n) is 4.03. The van der Waals surface area contributed by atoms with Gasteiger partial charge in [-0.2, -0.15) is 4.63 Å². The number of nitro benzene ring substituents is 1. The molecular formula is C11H8ClN5O2. The average Bonchev–Trinajstić information content (AvgIpc) is 2.91. The van der Waals surface area contributed by atoms with E-state index in [9.17, 15) is 10.1 Å². The molecule has 96 valence electrons. The summed E-state index contributed by atoms with van der Waals surface area (Å²) in [6, 6.07) is 6.04. The van der Waals surface area contributed by atoms with Crippen LogP contribution in [0.15, 0.2) is 24.3 Å². The first kappa shape index (κ1) is 11.7. The fourth-order valence-corrected chi connectivity index (χ4v) is 1.93. The molecule has 0 unspecified atom stereocenters. The lowest BCUT2D eigenvalue weighted by Gasteiger charge is -1.94. The molecule has 0 aliphatic carbocycles. The number of aromatic amines is 1. The maximum absolute atomic E-state index is 10.6. The summed E-state index contributed by atoms with van der Waals surface area (Å²) in [4.78, 5) is 14.4. The molecule has 0 radical (unpaired) electrons. The van der Waals surface area contributed by atoms with Crippen LogP contribution in [0, 0.1) is 17.0 Å². The molecule has 0 fully saturated rings. The van der Waals surface area contributed by atoms with E-state index in [2.05, 4.69) is 15.2 Å². The Labute approximate surface area is 112 Å². The van der Waals surface area contributed by atoms with Crippen molar-refractivity contribution in [1.82, 2.24) is 19.8 Å². The van der Waals surface area contributed by atoms with Crippen LogP contribution in [0.1, 0.15) is 5.69 Å². The van der Waals surface area contributed by atoms with Gasteiger partial charge in [0.05, 0.1) is 10.6 Å². The minimum absolute atomic E-state index is 0.0300. The standard InChI is InChI=1S/C11H8ClN5O2/c1-6-9(12)11-13-10(15-16(11)14-6)7-2-4-8(5-3-7)17(18)19/h2-5,14H,1H3. The Hall–Kier alpha value is -2.41. The van der Waals surface area contributed by atoms with Gasteiger partial charge in [-0.05, 0) is 19.1 Å². The first-order valence-electron chi connectivity index (χ1n) is 5.42.